The number of halogens is 3. The molecule has 1 fully saturated rings. The molecule has 146 valence electrons. The van der Waals surface area contributed by atoms with Crippen LogP contribution in [0.25, 0.3) is 0 Å². The van der Waals surface area contributed by atoms with Crippen LogP contribution in [-0.2, 0) is 17.6 Å². The van der Waals surface area contributed by atoms with Crippen molar-refractivity contribution in [2.75, 3.05) is 23.4 Å². The van der Waals surface area contributed by atoms with Crippen molar-refractivity contribution in [1.29, 1.82) is 0 Å². The monoisotopic (exact) mass is 406 g/mol. The third-order valence-electron chi connectivity index (χ3n) is 5.13. The summed E-state index contributed by atoms with van der Waals surface area (Å²) in [5.41, 5.74) is 1.90. The van der Waals surface area contributed by atoms with E-state index >= 15 is 0 Å². The molecule has 9 heteroatoms. The number of aryl methyl sites for hydroxylation is 2. The number of carbonyl (C=O) groups is 2. The normalized spacial score (nSPS) is 18.2. The van der Waals surface area contributed by atoms with Crippen LogP contribution in [-0.4, -0.2) is 36.6 Å². The lowest BCUT2D eigenvalue weighted by molar-refractivity contribution is -0.119. The van der Waals surface area contributed by atoms with E-state index in [9.17, 15) is 18.4 Å². The summed E-state index contributed by atoms with van der Waals surface area (Å²) in [6.45, 7) is 0.0529. The average Bonchev–Trinajstić information content (AvgIpc) is 3.30. The number of hydrogen-bond donors (Lipinski definition) is 1. The van der Waals surface area contributed by atoms with Crippen molar-refractivity contribution in [1.82, 2.24) is 10.3 Å². The van der Waals surface area contributed by atoms with E-state index < -0.39 is 34.6 Å². The van der Waals surface area contributed by atoms with Crippen LogP contribution in [0.1, 0.15) is 17.7 Å². The van der Waals surface area contributed by atoms with Crippen LogP contribution in [0.2, 0.25) is 5.02 Å². The summed E-state index contributed by atoms with van der Waals surface area (Å²) in [7, 11) is 1.35. The minimum Gasteiger partial charge on any atom is -0.335 e. The lowest BCUT2D eigenvalue weighted by atomic mass is 10.2. The first-order valence-electron chi connectivity index (χ1n) is 8.85. The minimum atomic E-state index is -1.03. The van der Waals surface area contributed by atoms with Crippen molar-refractivity contribution in [3.8, 4) is 0 Å². The third kappa shape index (κ3) is 2.97. The molecule has 28 heavy (non-hydrogen) atoms. The fourth-order valence-corrected chi connectivity index (χ4v) is 3.78. The summed E-state index contributed by atoms with van der Waals surface area (Å²) < 4.78 is 27.8. The van der Waals surface area contributed by atoms with E-state index in [4.69, 9.17) is 11.6 Å². The molecule has 3 amide bonds. The van der Waals surface area contributed by atoms with Gasteiger partial charge in [0, 0.05) is 19.3 Å². The van der Waals surface area contributed by atoms with Crippen LogP contribution >= 0.6 is 11.6 Å². The zero-order chi connectivity index (χ0) is 20.0. The van der Waals surface area contributed by atoms with Crippen molar-refractivity contribution < 1.29 is 18.4 Å². The predicted octanol–water partition coefficient (Wildman–Crippen LogP) is 3.06. The van der Waals surface area contributed by atoms with Crippen LogP contribution in [0.4, 0.5) is 25.1 Å². The van der Waals surface area contributed by atoms with Gasteiger partial charge in [-0.25, -0.2) is 18.6 Å². The number of pyridine rings is 1. The second kappa shape index (κ2) is 7.01. The van der Waals surface area contributed by atoms with E-state index in [0.717, 1.165) is 47.6 Å². The Morgan fingerprint density at radius 2 is 2.07 bits per heavy atom. The molecule has 1 aromatic heterocycles. The quantitative estimate of drug-likeness (QED) is 0.797. The molecule has 1 aliphatic heterocycles. The number of nitrogens with one attached hydrogen (secondary N) is 1. The van der Waals surface area contributed by atoms with Gasteiger partial charge in [0.1, 0.15) is 22.7 Å². The molecule has 1 aromatic carbocycles. The van der Waals surface area contributed by atoms with E-state index in [1.165, 1.54) is 11.9 Å². The molecule has 0 unspecified atom stereocenters. The lowest BCUT2D eigenvalue weighted by Gasteiger charge is -2.27. The van der Waals surface area contributed by atoms with Crippen molar-refractivity contribution in [2.24, 2.45) is 0 Å². The molecule has 0 spiro atoms. The summed E-state index contributed by atoms with van der Waals surface area (Å²) in [6, 6.07) is 4.40. The first-order valence-corrected chi connectivity index (χ1v) is 9.23. The number of urea groups is 1. The van der Waals surface area contributed by atoms with Crippen molar-refractivity contribution >= 4 is 35.0 Å². The third-order valence-corrected chi connectivity index (χ3v) is 5.48. The Morgan fingerprint density at radius 1 is 1.29 bits per heavy atom. The molecule has 0 radical (unpaired) electrons. The topological polar surface area (TPSA) is 65.5 Å². The van der Waals surface area contributed by atoms with Gasteiger partial charge in [0.05, 0.1) is 5.69 Å². The number of anilines is 2. The fourth-order valence-electron chi connectivity index (χ4n) is 3.62. The van der Waals surface area contributed by atoms with Gasteiger partial charge in [-0.2, -0.15) is 0 Å². The summed E-state index contributed by atoms with van der Waals surface area (Å²) in [4.78, 5) is 32.2. The molecule has 2 aromatic rings. The van der Waals surface area contributed by atoms with Crippen LogP contribution in [0.3, 0.4) is 0 Å². The molecule has 2 heterocycles. The van der Waals surface area contributed by atoms with Gasteiger partial charge in [-0.15, -0.1) is 0 Å². The van der Waals surface area contributed by atoms with E-state index in [0.29, 0.717) is 5.82 Å². The lowest BCUT2D eigenvalue weighted by Crippen LogP contribution is -2.47. The highest BCUT2D eigenvalue weighted by Gasteiger charge is 2.40. The predicted molar refractivity (Wildman–Crippen MR) is 101 cm³/mol. The highest BCUT2D eigenvalue weighted by atomic mass is 35.5. The number of carbonyl (C=O) groups excluding carboxylic acids is 2. The smallest absolute Gasteiger partial charge is 0.323 e. The SMILES string of the molecule is CN(C(=O)[C@@H]1CNC(=O)N1c1ccc2c(n1)CCC2)c1ccc(F)c(Cl)c1F. The van der Waals surface area contributed by atoms with Gasteiger partial charge in [0.15, 0.2) is 5.82 Å². The van der Waals surface area contributed by atoms with Crippen molar-refractivity contribution in [3.63, 3.8) is 0 Å². The molecular formula is C19H17ClF2N4O2. The summed E-state index contributed by atoms with van der Waals surface area (Å²) in [6.07, 6.45) is 2.79. The molecule has 4 rings (SSSR count). The first-order chi connectivity index (χ1) is 13.4. The number of benzene rings is 1. The van der Waals surface area contributed by atoms with Crippen molar-refractivity contribution in [3.05, 3.63) is 52.2 Å². The average molecular weight is 407 g/mol. The molecule has 1 saturated heterocycles. The van der Waals surface area contributed by atoms with Gasteiger partial charge in [0.2, 0.25) is 0 Å². The van der Waals surface area contributed by atoms with Crippen LogP contribution in [0, 0.1) is 11.6 Å². The maximum atomic E-state index is 14.3. The molecule has 1 atom stereocenters. The highest BCUT2D eigenvalue weighted by Crippen LogP contribution is 2.30. The standard InChI is InChI=1S/C19H17ClF2N4O2/c1-25(13-7-6-11(21)16(20)17(13)22)18(27)14-9-23-19(28)26(14)15-8-5-10-3-2-4-12(10)24-15/h5-8,14H,2-4,9H2,1H3,(H,23,28)/t14-/m0/s1. The molecular weight excluding hydrogens is 390 g/mol. The first kappa shape index (κ1) is 18.6. The number of nitrogens with zero attached hydrogens (tertiary/aromatic N) is 3. The van der Waals surface area contributed by atoms with Crippen LogP contribution in [0.5, 0.6) is 0 Å². The van der Waals surface area contributed by atoms with E-state index in [1.807, 2.05) is 6.07 Å². The number of aromatic nitrogens is 1. The molecule has 0 bridgehead atoms. The van der Waals surface area contributed by atoms with Crippen LogP contribution in [0.15, 0.2) is 24.3 Å². The van der Waals surface area contributed by atoms with Gasteiger partial charge < -0.3 is 10.2 Å². The van der Waals surface area contributed by atoms with Gasteiger partial charge in [-0.05, 0) is 43.0 Å². The Labute approximate surface area is 165 Å². The minimum absolute atomic E-state index is 0.0529. The number of rotatable bonds is 3. The Bertz CT molecular complexity index is 985. The fraction of sp³-hybridized carbons (Fsp3) is 0.316. The summed E-state index contributed by atoms with van der Waals surface area (Å²) in [5.74, 6) is -2.11. The number of likely N-dealkylation sites (N-methyl/N-ethyl adjacent to an activating group) is 1. The van der Waals surface area contributed by atoms with Gasteiger partial charge in [-0.1, -0.05) is 17.7 Å². The largest absolute Gasteiger partial charge is 0.335 e. The van der Waals surface area contributed by atoms with E-state index in [-0.39, 0.29) is 12.2 Å². The number of hydrogen-bond acceptors (Lipinski definition) is 3. The second-order valence-electron chi connectivity index (χ2n) is 6.79. The maximum Gasteiger partial charge on any atom is 0.323 e. The summed E-state index contributed by atoms with van der Waals surface area (Å²) in [5, 5.41) is 1.94. The van der Waals surface area contributed by atoms with E-state index in [2.05, 4.69) is 10.3 Å². The van der Waals surface area contributed by atoms with Gasteiger partial charge in [-0.3, -0.25) is 9.69 Å². The second-order valence-corrected chi connectivity index (χ2v) is 7.17. The molecule has 1 N–H and O–H groups in total. The Kier molecular flexibility index (Phi) is 4.66. The highest BCUT2D eigenvalue weighted by molar-refractivity contribution is 6.31. The van der Waals surface area contributed by atoms with Crippen molar-refractivity contribution in [2.45, 2.75) is 25.3 Å². The molecule has 2 aliphatic rings. The Balaban J connectivity index is 1.65. The molecule has 1 aliphatic carbocycles. The Morgan fingerprint density at radius 3 is 2.86 bits per heavy atom. The van der Waals surface area contributed by atoms with Crippen LogP contribution < -0.4 is 15.1 Å². The van der Waals surface area contributed by atoms with Gasteiger partial charge >= 0.3 is 6.03 Å². The van der Waals surface area contributed by atoms with E-state index in [1.54, 1.807) is 6.07 Å². The summed E-state index contributed by atoms with van der Waals surface area (Å²) >= 11 is 5.62. The Hall–Kier alpha value is -2.74. The zero-order valence-corrected chi connectivity index (χ0v) is 15.8. The maximum absolute atomic E-state index is 14.3. The zero-order valence-electron chi connectivity index (χ0n) is 15.0. The molecule has 6 nitrogen and oxygen atoms in total. The number of fused-ring (bicyclic) bond motifs is 1. The van der Waals surface area contributed by atoms with Gasteiger partial charge in [0.25, 0.3) is 5.91 Å². The molecule has 0 saturated carbocycles. The number of amides is 3.